The minimum Gasteiger partial charge on any atom is -0.480 e. The Bertz CT molecular complexity index is 414. The van der Waals surface area contributed by atoms with Crippen LogP contribution in [0, 0.1) is 0 Å². The van der Waals surface area contributed by atoms with Gasteiger partial charge in [0.15, 0.2) is 0 Å². The predicted molar refractivity (Wildman–Crippen MR) is 73.5 cm³/mol. The molecule has 3 aliphatic heterocycles. The maximum atomic E-state index is 12.7. The smallest absolute Gasteiger partial charge is 0.326 e. The Morgan fingerprint density at radius 2 is 1.80 bits per heavy atom. The van der Waals surface area contributed by atoms with E-state index in [1.807, 2.05) is 4.90 Å². The number of carbonyl (C=O) groups is 2. The first kappa shape index (κ1) is 13.7. The van der Waals surface area contributed by atoms with Crippen molar-refractivity contribution in [2.45, 2.75) is 50.7 Å². The zero-order valence-corrected chi connectivity index (χ0v) is 12.0. The number of fused-ring (bicyclic) bond motifs is 1. The fraction of sp³-hybridized carbons (Fsp3) is 0.857. The maximum Gasteiger partial charge on any atom is 0.326 e. The molecule has 3 fully saturated rings. The summed E-state index contributed by atoms with van der Waals surface area (Å²) in [6.07, 6.45) is 3.74. The molecule has 3 atom stereocenters. The second kappa shape index (κ2) is 5.24. The molecule has 0 aromatic carbocycles. The molecule has 1 N–H and O–H groups in total. The molecular formula is C14H23N3O3. The zero-order valence-electron chi connectivity index (χ0n) is 12.0. The molecule has 20 heavy (non-hydrogen) atoms. The van der Waals surface area contributed by atoms with Gasteiger partial charge in [-0.05, 0) is 39.2 Å². The van der Waals surface area contributed by atoms with E-state index < -0.39 is 12.0 Å². The van der Waals surface area contributed by atoms with E-state index in [9.17, 15) is 14.7 Å². The van der Waals surface area contributed by atoms with Gasteiger partial charge < -0.3 is 14.9 Å². The van der Waals surface area contributed by atoms with Crippen LogP contribution >= 0.6 is 0 Å². The highest BCUT2D eigenvalue weighted by molar-refractivity contribution is 5.83. The van der Waals surface area contributed by atoms with Gasteiger partial charge in [-0.25, -0.2) is 9.59 Å². The van der Waals surface area contributed by atoms with Crippen LogP contribution in [0.2, 0.25) is 0 Å². The van der Waals surface area contributed by atoms with Crippen molar-refractivity contribution < 1.29 is 14.7 Å². The number of urea groups is 1. The first-order chi connectivity index (χ1) is 9.58. The molecule has 0 saturated carbocycles. The molecule has 0 radical (unpaired) electrons. The van der Waals surface area contributed by atoms with Crippen LogP contribution in [-0.2, 0) is 4.79 Å². The second-order valence-corrected chi connectivity index (χ2v) is 6.26. The molecule has 3 aliphatic rings. The number of likely N-dealkylation sites (tertiary alicyclic amines) is 1. The number of rotatable bonds is 1. The van der Waals surface area contributed by atoms with Crippen molar-refractivity contribution in [3.05, 3.63) is 0 Å². The third-order valence-corrected chi connectivity index (χ3v) is 4.97. The van der Waals surface area contributed by atoms with E-state index in [1.165, 1.54) is 6.42 Å². The summed E-state index contributed by atoms with van der Waals surface area (Å²) < 4.78 is 0. The first-order valence-corrected chi connectivity index (χ1v) is 7.62. The summed E-state index contributed by atoms with van der Waals surface area (Å²) in [5, 5.41) is 9.23. The number of aliphatic carboxylic acids is 1. The number of carboxylic acid groups (broad SMARTS) is 1. The monoisotopic (exact) mass is 281 g/mol. The Morgan fingerprint density at radius 1 is 1.05 bits per heavy atom. The van der Waals surface area contributed by atoms with E-state index in [4.69, 9.17) is 0 Å². The highest BCUT2D eigenvalue weighted by Gasteiger charge is 2.41. The van der Waals surface area contributed by atoms with Crippen molar-refractivity contribution in [1.29, 1.82) is 0 Å². The molecule has 0 bridgehead atoms. The summed E-state index contributed by atoms with van der Waals surface area (Å²) in [7, 11) is 0. The average molecular weight is 281 g/mol. The fourth-order valence-corrected chi connectivity index (χ4v) is 3.87. The number of piperazine rings is 1. The van der Waals surface area contributed by atoms with Gasteiger partial charge in [0.1, 0.15) is 6.04 Å². The molecule has 2 unspecified atom stereocenters. The van der Waals surface area contributed by atoms with Crippen LogP contribution in [0.3, 0.4) is 0 Å². The molecule has 6 heteroatoms. The van der Waals surface area contributed by atoms with Gasteiger partial charge in [-0.2, -0.15) is 0 Å². The fourth-order valence-electron chi connectivity index (χ4n) is 3.87. The minimum atomic E-state index is -0.872. The molecule has 0 aliphatic carbocycles. The van der Waals surface area contributed by atoms with Crippen molar-refractivity contribution in [2.24, 2.45) is 0 Å². The van der Waals surface area contributed by atoms with Crippen molar-refractivity contribution in [2.75, 3.05) is 26.2 Å². The van der Waals surface area contributed by atoms with Crippen LogP contribution in [0.1, 0.15) is 32.6 Å². The summed E-state index contributed by atoms with van der Waals surface area (Å²) in [5.74, 6) is -0.872. The van der Waals surface area contributed by atoms with Gasteiger partial charge in [0.2, 0.25) is 0 Å². The van der Waals surface area contributed by atoms with E-state index in [2.05, 4.69) is 11.8 Å². The van der Waals surface area contributed by atoms with E-state index in [0.717, 1.165) is 32.5 Å². The van der Waals surface area contributed by atoms with E-state index in [1.54, 1.807) is 4.90 Å². The Hall–Kier alpha value is -1.30. The molecule has 0 spiro atoms. The maximum absolute atomic E-state index is 12.7. The van der Waals surface area contributed by atoms with Gasteiger partial charge >= 0.3 is 12.0 Å². The lowest BCUT2D eigenvalue weighted by atomic mass is 10.1. The lowest BCUT2D eigenvalue weighted by Gasteiger charge is -2.44. The number of carbonyl (C=O) groups excluding carboxylic acids is 1. The highest BCUT2D eigenvalue weighted by atomic mass is 16.4. The summed E-state index contributed by atoms with van der Waals surface area (Å²) in [6.45, 7) is 5.45. The van der Waals surface area contributed by atoms with E-state index >= 15 is 0 Å². The van der Waals surface area contributed by atoms with Crippen molar-refractivity contribution in [3.63, 3.8) is 0 Å². The van der Waals surface area contributed by atoms with Crippen LogP contribution in [-0.4, -0.2) is 76.1 Å². The molecule has 2 amide bonds. The lowest BCUT2D eigenvalue weighted by Crippen LogP contribution is -2.60. The summed E-state index contributed by atoms with van der Waals surface area (Å²) in [4.78, 5) is 29.8. The third kappa shape index (κ3) is 2.26. The first-order valence-electron chi connectivity index (χ1n) is 7.62. The van der Waals surface area contributed by atoms with Crippen LogP contribution in [0.25, 0.3) is 0 Å². The normalized spacial score (nSPS) is 34.4. The van der Waals surface area contributed by atoms with Crippen molar-refractivity contribution >= 4 is 12.0 Å². The third-order valence-electron chi connectivity index (χ3n) is 4.97. The van der Waals surface area contributed by atoms with Gasteiger partial charge in [-0.15, -0.1) is 0 Å². The molecule has 112 valence electrons. The summed E-state index contributed by atoms with van der Waals surface area (Å²) in [6, 6.07) is -0.0572. The highest BCUT2D eigenvalue weighted by Crippen LogP contribution is 2.27. The van der Waals surface area contributed by atoms with Gasteiger partial charge in [-0.3, -0.25) is 4.90 Å². The average Bonchev–Trinajstić information content (AvgIpc) is 3.04. The van der Waals surface area contributed by atoms with Crippen molar-refractivity contribution in [1.82, 2.24) is 14.7 Å². The quantitative estimate of drug-likeness (QED) is 0.773. The van der Waals surface area contributed by atoms with E-state index in [0.29, 0.717) is 19.0 Å². The molecule has 0 aromatic rings. The minimum absolute atomic E-state index is 0.0750. The number of hydrogen-bond acceptors (Lipinski definition) is 3. The van der Waals surface area contributed by atoms with Crippen LogP contribution in [0.15, 0.2) is 0 Å². The summed E-state index contributed by atoms with van der Waals surface area (Å²) >= 11 is 0. The van der Waals surface area contributed by atoms with Gasteiger partial charge in [0.05, 0.1) is 0 Å². The largest absolute Gasteiger partial charge is 0.480 e. The number of nitrogens with zero attached hydrogens (tertiary/aromatic N) is 3. The van der Waals surface area contributed by atoms with E-state index in [-0.39, 0.29) is 12.1 Å². The van der Waals surface area contributed by atoms with Gasteiger partial charge in [0.25, 0.3) is 0 Å². The topological polar surface area (TPSA) is 64.1 Å². The SMILES string of the molecule is CC1CN2CCCC2CN1C(=O)N1CCC[C@@H]1C(=O)O. The molecule has 3 saturated heterocycles. The van der Waals surface area contributed by atoms with Gasteiger partial charge in [0, 0.05) is 31.7 Å². The number of carboxylic acids is 1. The Balaban J connectivity index is 1.71. The lowest BCUT2D eigenvalue weighted by molar-refractivity contribution is -0.141. The molecule has 6 nitrogen and oxygen atoms in total. The zero-order chi connectivity index (χ0) is 14.3. The molecule has 0 aromatic heterocycles. The van der Waals surface area contributed by atoms with Crippen LogP contribution in [0.5, 0.6) is 0 Å². The Kier molecular flexibility index (Phi) is 3.58. The molecular weight excluding hydrogens is 258 g/mol. The van der Waals surface area contributed by atoms with Gasteiger partial charge in [-0.1, -0.05) is 0 Å². The van der Waals surface area contributed by atoms with Crippen LogP contribution < -0.4 is 0 Å². The standard InChI is InChI=1S/C14H23N3O3/c1-10-8-15-6-2-4-11(15)9-17(10)14(20)16-7-3-5-12(16)13(18)19/h10-12H,2-9H2,1H3,(H,18,19)/t10?,11?,12-/m1/s1. The second-order valence-electron chi connectivity index (χ2n) is 6.26. The predicted octanol–water partition coefficient (Wildman–Crippen LogP) is 0.824. The molecule has 3 rings (SSSR count). The Morgan fingerprint density at radius 3 is 2.55 bits per heavy atom. The molecule has 3 heterocycles. The number of hydrogen-bond donors (Lipinski definition) is 1. The Labute approximate surface area is 119 Å². The summed E-state index contributed by atoms with van der Waals surface area (Å²) in [5.41, 5.74) is 0. The van der Waals surface area contributed by atoms with Crippen molar-refractivity contribution in [3.8, 4) is 0 Å². The van der Waals surface area contributed by atoms with Crippen LogP contribution in [0.4, 0.5) is 4.79 Å². The number of amides is 2.